The van der Waals surface area contributed by atoms with E-state index in [0.717, 1.165) is 58.8 Å². The Balaban J connectivity index is 1.65. The van der Waals surface area contributed by atoms with Gasteiger partial charge in [-0.15, -0.1) is 0 Å². The van der Waals surface area contributed by atoms with Gasteiger partial charge < -0.3 is 9.36 Å². The standard InChI is InChI=1S/C23H19ClN2O/c24-20-7-2-5-17-13-25-22(21-8-3-11-26(21)23(17)20)16-9-10-19-15(12-16)4-1-6-18(19)14-27/h2-3,5,7-12,14,18H,1,4,6,13H2. The highest BCUT2D eigenvalue weighted by Gasteiger charge is 2.23. The minimum Gasteiger partial charge on any atom is -0.313 e. The van der Waals surface area contributed by atoms with Gasteiger partial charge in [0.1, 0.15) is 6.29 Å². The molecular weight excluding hydrogens is 356 g/mol. The lowest BCUT2D eigenvalue weighted by molar-refractivity contribution is -0.109. The molecule has 0 spiro atoms. The molecule has 1 aliphatic heterocycles. The van der Waals surface area contributed by atoms with Crippen LogP contribution >= 0.6 is 11.6 Å². The van der Waals surface area contributed by atoms with Gasteiger partial charge in [-0.3, -0.25) is 4.99 Å². The van der Waals surface area contributed by atoms with E-state index < -0.39 is 0 Å². The van der Waals surface area contributed by atoms with Crippen LogP contribution in [0.25, 0.3) is 5.69 Å². The minimum atomic E-state index is 0.0331. The van der Waals surface area contributed by atoms with Gasteiger partial charge in [0.2, 0.25) is 0 Å². The highest BCUT2D eigenvalue weighted by Crippen LogP contribution is 2.33. The van der Waals surface area contributed by atoms with E-state index in [0.29, 0.717) is 6.54 Å². The van der Waals surface area contributed by atoms with Crippen LogP contribution in [0.3, 0.4) is 0 Å². The van der Waals surface area contributed by atoms with E-state index in [1.165, 1.54) is 11.1 Å². The quantitative estimate of drug-likeness (QED) is 0.574. The van der Waals surface area contributed by atoms with Crippen LogP contribution in [0.15, 0.2) is 59.7 Å². The fourth-order valence-corrected chi connectivity index (χ4v) is 4.64. The minimum absolute atomic E-state index is 0.0331. The predicted octanol–water partition coefficient (Wildman–Crippen LogP) is 5.10. The maximum atomic E-state index is 11.4. The Morgan fingerprint density at radius 1 is 1.11 bits per heavy atom. The summed E-state index contributed by atoms with van der Waals surface area (Å²) >= 11 is 6.52. The van der Waals surface area contributed by atoms with Gasteiger partial charge in [-0.25, -0.2) is 0 Å². The summed E-state index contributed by atoms with van der Waals surface area (Å²) in [4.78, 5) is 16.3. The van der Waals surface area contributed by atoms with Gasteiger partial charge in [-0.05, 0) is 60.2 Å². The predicted molar refractivity (Wildman–Crippen MR) is 108 cm³/mol. The van der Waals surface area contributed by atoms with Crippen molar-refractivity contribution in [1.29, 1.82) is 0 Å². The number of aromatic nitrogens is 1. The summed E-state index contributed by atoms with van der Waals surface area (Å²) < 4.78 is 2.14. The molecule has 2 aliphatic rings. The molecule has 0 saturated carbocycles. The number of fused-ring (bicyclic) bond motifs is 4. The number of aryl methyl sites for hydroxylation is 1. The van der Waals surface area contributed by atoms with Crippen LogP contribution < -0.4 is 0 Å². The summed E-state index contributed by atoms with van der Waals surface area (Å²) in [6.45, 7) is 0.598. The van der Waals surface area contributed by atoms with Crippen molar-refractivity contribution in [3.8, 4) is 5.69 Å². The zero-order valence-electron chi connectivity index (χ0n) is 14.9. The summed E-state index contributed by atoms with van der Waals surface area (Å²) in [5.74, 6) is 0.0331. The first-order valence-corrected chi connectivity index (χ1v) is 9.72. The molecule has 27 heavy (non-hydrogen) atoms. The lowest BCUT2D eigenvalue weighted by atomic mass is 9.82. The average molecular weight is 375 g/mol. The first-order valence-electron chi connectivity index (χ1n) is 9.34. The van der Waals surface area contributed by atoms with Crippen molar-refractivity contribution in [2.45, 2.75) is 31.7 Å². The van der Waals surface area contributed by atoms with Crippen molar-refractivity contribution in [2.24, 2.45) is 4.99 Å². The smallest absolute Gasteiger partial charge is 0.127 e. The Morgan fingerprint density at radius 2 is 2.04 bits per heavy atom. The second-order valence-electron chi connectivity index (χ2n) is 7.22. The number of nitrogens with zero attached hydrogens (tertiary/aromatic N) is 2. The van der Waals surface area contributed by atoms with Gasteiger partial charge in [0.05, 0.1) is 28.7 Å². The summed E-state index contributed by atoms with van der Waals surface area (Å²) in [5.41, 5.74) is 7.70. The molecule has 3 aromatic rings. The number of carbonyl (C=O) groups is 1. The molecule has 0 fully saturated rings. The lowest BCUT2D eigenvalue weighted by Crippen LogP contribution is -2.14. The molecule has 2 aromatic carbocycles. The summed E-state index contributed by atoms with van der Waals surface area (Å²) in [6.07, 6.45) is 6.16. The number of para-hydroxylation sites is 1. The van der Waals surface area contributed by atoms with E-state index in [1.807, 2.05) is 24.4 Å². The number of aliphatic imine (C=N–C) groups is 1. The fraction of sp³-hybridized carbons (Fsp3) is 0.217. The monoisotopic (exact) mass is 374 g/mol. The fourth-order valence-electron chi connectivity index (χ4n) is 4.35. The molecule has 0 radical (unpaired) electrons. The first kappa shape index (κ1) is 16.5. The first-order chi connectivity index (χ1) is 13.3. The van der Waals surface area contributed by atoms with Crippen LogP contribution in [-0.4, -0.2) is 16.6 Å². The lowest BCUT2D eigenvalue weighted by Gasteiger charge is -2.22. The van der Waals surface area contributed by atoms with E-state index in [2.05, 4.69) is 34.9 Å². The third kappa shape index (κ3) is 2.65. The Morgan fingerprint density at radius 3 is 2.93 bits per heavy atom. The largest absolute Gasteiger partial charge is 0.313 e. The summed E-state index contributed by atoms with van der Waals surface area (Å²) in [5, 5.41) is 0.737. The van der Waals surface area contributed by atoms with Crippen LogP contribution in [-0.2, 0) is 17.8 Å². The molecule has 1 atom stereocenters. The molecule has 0 bridgehead atoms. The number of hydrogen-bond donors (Lipinski definition) is 0. The van der Waals surface area contributed by atoms with Crippen molar-refractivity contribution < 1.29 is 4.79 Å². The Bertz CT molecular complexity index is 1080. The maximum Gasteiger partial charge on any atom is 0.127 e. The number of carbonyl (C=O) groups excluding carboxylic acids is 1. The zero-order valence-corrected chi connectivity index (χ0v) is 15.6. The van der Waals surface area contributed by atoms with Gasteiger partial charge in [-0.1, -0.05) is 35.9 Å². The number of benzene rings is 2. The third-order valence-corrected chi connectivity index (χ3v) is 5.96. The topological polar surface area (TPSA) is 34.4 Å². The van der Waals surface area contributed by atoms with Crippen LogP contribution in [0.2, 0.25) is 5.02 Å². The van der Waals surface area contributed by atoms with Gasteiger partial charge in [-0.2, -0.15) is 0 Å². The van der Waals surface area contributed by atoms with Crippen molar-refractivity contribution in [3.05, 3.63) is 87.7 Å². The highest BCUT2D eigenvalue weighted by molar-refractivity contribution is 6.32. The Kier molecular flexibility index (Phi) is 3.98. The Hall–Kier alpha value is -2.65. The SMILES string of the molecule is O=CC1CCCc2cc(C3=NCc4cccc(Cl)c4-n4cccc43)ccc21. The van der Waals surface area contributed by atoms with Crippen LogP contribution in [0, 0.1) is 0 Å². The number of aldehydes is 1. The average Bonchev–Trinajstić information content (AvgIpc) is 3.10. The summed E-state index contributed by atoms with van der Waals surface area (Å²) in [7, 11) is 0. The highest BCUT2D eigenvalue weighted by atomic mass is 35.5. The number of hydrogen-bond acceptors (Lipinski definition) is 2. The molecule has 0 saturated heterocycles. The van der Waals surface area contributed by atoms with E-state index in [4.69, 9.17) is 16.6 Å². The molecule has 4 heteroatoms. The molecular formula is C23H19ClN2O. The van der Waals surface area contributed by atoms with E-state index in [9.17, 15) is 4.79 Å². The van der Waals surface area contributed by atoms with Gasteiger partial charge >= 0.3 is 0 Å². The Labute approximate surface area is 163 Å². The van der Waals surface area contributed by atoms with Gasteiger partial charge in [0.15, 0.2) is 0 Å². The summed E-state index contributed by atoms with van der Waals surface area (Å²) in [6, 6.07) is 16.5. The van der Waals surface area contributed by atoms with Crippen molar-refractivity contribution in [3.63, 3.8) is 0 Å². The molecule has 1 aliphatic carbocycles. The molecule has 1 unspecified atom stereocenters. The van der Waals surface area contributed by atoms with Crippen LogP contribution in [0.5, 0.6) is 0 Å². The number of rotatable bonds is 2. The molecule has 0 amide bonds. The zero-order chi connectivity index (χ0) is 18.4. The van der Waals surface area contributed by atoms with E-state index in [-0.39, 0.29) is 5.92 Å². The maximum absolute atomic E-state index is 11.4. The second kappa shape index (κ2) is 6.50. The van der Waals surface area contributed by atoms with E-state index in [1.54, 1.807) is 0 Å². The van der Waals surface area contributed by atoms with Crippen LogP contribution in [0.4, 0.5) is 0 Å². The molecule has 5 rings (SSSR count). The number of halogens is 1. The normalized spacial score (nSPS) is 18.0. The van der Waals surface area contributed by atoms with Crippen LogP contribution in [0.1, 0.15) is 46.7 Å². The van der Waals surface area contributed by atoms with Crippen molar-refractivity contribution >= 4 is 23.6 Å². The van der Waals surface area contributed by atoms with Crippen molar-refractivity contribution in [1.82, 2.24) is 4.57 Å². The molecule has 134 valence electrons. The molecule has 3 nitrogen and oxygen atoms in total. The molecule has 0 N–H and O–H groups in total. The third-order valence-electron chi connectivity index (χ3n) is 5.65. The molecule has 1 aromatic heterocycles. The van der Waals surface area contributed by atoms with Crippen molar-refractivity contribution in [2.75, 3.05) is 0 Å². The van der Waals surface area contributed by atoms with Gasteiger partial charge in [0.25, 0.3) is 0 Å². The molecule has 2 heterocycles. The van der Waals surface area contributed by atoms with E-state index >= 15 is 0 Å². The second-order valence-corrected chi connectivity index (χ2v) is 7.63. The van der Waals surface area contributed by atoms with Gasteiger partial charge in [0, 0.05) is 17.7 Å².